The van der Waals surface area contributed by atoms with Gasteiger partial charge in [-0.05, 0) is 37.1 Å². The number of likely N-dealkylation sites (tertiary alicyclic amines) is 1. The van der Waals surface area contributed by atoms with Crippen molar-refractivity contribution in [1.82, 2.24) is 24.6 Å². The Morgan fingerprint density at radius 2 is 2.07 bits per heavy atom. The van der Waals surface area contributed by atoms with Crippen molar-refractivity contribution in [3.63, 3.8) is 0 Å². The quantitative estimate of drug-likeness (QED) is 0.639. The minimum absolute atomic E-state index is 0.0336. The molecule has 28 heavy (non-hydrogen) atoms. The van der Waals surface area contributed by atoms with Gasteiger partial charge in [-0.15, -0.1) is 0 Å². The maximum Gasteiger partial charge on any atom is 0.253 e. The number of hydrogen-bond donors (Lipinski definition) is 0. The monoisotopic (exact) mass is 377 g/mol. The minimum Gasteiger partial charge on any atom is -0.490 e. The second-order valence-corrected chi connectivity index (χ2v) is 6.95. The van der Waals surface area contributed by atoms with E-state index in [4.69, 9.17) is 4.74 Å². The zero-order valence-corrected chi connectivity index (χ0v) is 15.9. The van der Waals surface area contributed by atoms with E-state index in [2.05, 4.69) is 21.6 Å². The maximum atomic E-state index is 13.0. The lowest BCUT2D eigenvalue weighted by molar-refractivity contribution is 0.0706. The van der Waals surface area contributed by atoms with Crippen LogP contribution in [-0.2, 0) is 7.05 Å². The number of aryl methyl sites for hydroxylation is 1. The first-order valence-electron chi connectivity index (χ1n) is 9.44. The molecule has 1 amide bonds. The fourth-order valence-electron chi connectivity index (χ4n) is 3.70. The van der Waals surface area contributed by atoms with Crippen molar-refractivity contribution >= 4 is 17.1 Å². The van der Waals surface area contributed by atoms with E-state index in [1.54, 1.807) is 23.2 Å². The standard InChI is InChI=1S/C21H23N5O2/c1-3-13-28-17-8-6-15(7-9-17)21(27)26-12-4-5-16(14-26)18-19-20(25(2)24-18)23-11-10-22-19/h3,6-11,16H,1,4-5,12-14H2,2H3. The summed E-state index contributed by atoms with van der Waals surface area (Å²) in [7, 11) is 1.88. The molecule has 7 heteroatoms. The molecule has 2 aromatic heterocycles. The van der Waals surface area contributed by atoms with Crippen LogP contribution in [0.1, 0.15) is 34.8 Å². The third-order valence-electron chi connectivity index (χ3n) is 5.05. The summed E-state index contributed by atoms with van der Waals surface area (Å²) in [6.07, 6.45) is 6.98. The van der Waals surface area contributed by atoms with E-state index in [0.717, 1.165) is 42.0 Å². The van der Waals surface area contributed by atoms with Gasteiger partial charge < -0.3 is 9.64 Å². The van der Waals surface area contributed by atoms with Crippen LogP contribution < -0.4 is 4.74 Å². The number of benzene rings is 1. The van der Waals surface area contributed by atoms with Gasteiger partial charge in [0.25, 0.3) is 5.91 Å². The first kappa shape index (κ1) is 18.2. The Morgan fingerprint density at radius 3 is 2.86 bits per heavy atom. The zero-order valence-electron chi connectivity index (χ0n) is 15.9. The topological polar surface area (TPSA) is 73.1 Å². The predicted octanol–water partition coefficient (Wildman–Crippen LogP) is 2.95. The van der Waals surface area contributed by atoms with Gasteiger partial charge in [0.1, 0.15) is 17.9 Å². The number of aromatic nitrogens is 4. The first-order chi connectivity index (χ1) is 13.7. The molecule has 0 aliphatic carbocycles. The molecule has 0 radical (unpaired) electrons. The summed E-state index contributed by atoms with van der Waals surface area (Å²) in [6, 6.07) is 7.26. The normalized spacial score (nSPS) is 16.9. The molecule has 7 nitrogen and oxygen atoms in total. The molecule has 3 heterocycles. The van der Waals surface area contributed by atoms with Crippen molar-refractivity contribution in [3.8, 4) is 5.75 Å². The summed E-state index contributed by atoms with van der Waals surface area (Å²) in [5.74, 6) is 0.922. The summed E-state index contributed by atoms with van der Waals surface area (Å²) in [4.78, 5) is 23.7. The first-order valence-corrected chi connectivity index (χ1v) is 9.44. The molecule has 0 saturated carbocycles. The van der Waals surface area contributed by atoms with Crippen LogP contribution in [0, 0.1) is 0 Å². The number of hydrogen-bond acceptors (Lipinski definition) is 5. The molecule has 1 unspecified atom stereocenters. The van der Waals surface area contributed by atoms with E-state index in [0.29, 0.717) is 18.7 Å². The molecule has 4 rings (SSSR count). The molecule has 1 saturated heterocycles. The number of piperidine rings is 1. The van der Waals surface area contributed by atoms with E-state index < -0.39 is 0 Å². The van der Waals surface area contributed by atoms with Crippen molar-refractivity contribution < 1.29 is 9.53 Å². The van der Waals surface area contributed by atoms with Crippen molar-refractivity contribution in [1.29, 1.82) is 0 Å². The number of carbonyl (C=O) groups excluding carboxylic acids is 1. The van der Waals surface area contributed by atoms with Crippen LogP contribution in [0.2, 0.25) is 0 Å². The molecule has 1 fully saturated rings. The highest BCUT2D eigenvalue weighted by molar-refractivity contribution is 5.94. The Labute approximate surface area is 163 Å². The highest BCUT2D eigenvalue weighted by Gasteiger charge is 2.29. The molecule has 1 aliphatic heterocycles. The van der Waals surface area contributed by atoms with Gasteiger partial charge >= 0.3 is 0 Å². The number of amides is 1. The van der Waals surface area contributed by atoms with E-state index >= 15 is 0 Å². The van der Waals surface area contributed by atoms with Crippen molar-refractivity contribution in [2.75, 3.05) is 19.7 Å². The molecule has 0 N–H and O–H groups in total. The van der Waals surface area contributed by atoms with Gasteiger partial charge in [-0.2, -0.15) is 5.10 Å². The largest absolute Gasteiger partial charge is 0.490 e. The Balaban J connectivity index is 1.51. The summed E-state index contributed by atoms with van der Waals surface area (Å²) >= 11 is 0. The van der Waals surface area contributed by atoms with Gasteiger partial charge in [-0.1, -0.05) is 12.7 Å². The highest BCUT2D eigenvalue weighted by atomic mass is 16.5. The number of rotatable bonds is 5. The van der Waals surface area contributed by atoms with E-state index in [1.807, 2.05) is 36.2 Å². The average Bonchev–Trinajstić information content (AvgIpc) is 3.09. The molecule has 3 aromatic rings. The molecule has 1 aromatic carbocycles. The van der Waals surface area contributed by atoms with Crippen LogP contribution >= 0.6 is 0 Å². The zero-order chi connectivity index (χ0) is 19.5. The molecular formula is C21H23N5O2. The van der Waals surface area contributed by atoms with Gasteiger partial charge in [0.2, 0.25) is 0 Å². The molecule has 0 spiro atoms. The number of nitrogens with zero attached hydrogens (tertiary/aromatic N) is 5. The van der Waals surface area contributed by atoms with Crippen LogP contribution in [0.15, 0.2) is 49.3 Å². The Hall–Kier alpha value is -3.22. The summed E-state index contributed by atoms with van der Waals surface area (Å²) in [5, 5.41) is 4.65. The van der Waals surface area contributed by atoms with Crippen LogP contribution in [0.25, 0.3) is 11.2 Å². The van der Waals surface area contributed by atoms with Crippen molar-refractivity contribution in [3.05, 3.63) is 60.6 Å². The number of ether oxygens (including phenoxy) is 1. The van der Waals surface area contributed by atoms with Gasteiger partial charge in [-0.3, -0.25) is 4.79 Å². The van der Waals surface area contributed by atoms with Crippen molar-refractivity contribution in [2.45, 2.75) is 18.8 Å². The lowest BCUT2D eigenvalue weighted by Gasteiger charge is -2.32. The minimum atomic E-state index is 0.0336. The van der Waals surface area contributed by atoms with Crippen LogP contribution in [-0.4, -0.2) is 50.3 Å². The molecule has 1 atom stereocenters. The SMILES string of the molecule is C=CCOc1ccc(C(=O)N2CCCC(c3nn(C)c4nccnc34)C2)cc1. The van der Waals surface area contributed by atoms with Gasteiger partial charge in [0.15, 0.2) is 5.65 Å². The summed E-state index contributed by atoms with van der Waals surface area (Å²) < 4.78 is 7.25. The summed E-state index contributed by atoms with van der Waals surface area (Å²) in [5.41, 5.74) is 3.19. The fraction of sp³-hybridized carbons (Fsp3) is 0.333. The fourth-order valence-corrected chi connectivity index (χ4v) is 3.70. The van der Waals surface area contributed by atoms with Gasteiger partial charge in [0.05, 0.1) is 5.69 Å². The van der Waals surface area contributed by atoms with E-state index in [1.165, 1.54) is 0 Å². The van der Waals surface area contributed by atoms with Gasteiger partial charge in [0, 0.05) is 44.0 Å². The molecule has 144 valence electrons. The van der Waals surface area contributed by atoms with Gasteiger partial charge in [-0.25, -0.2) is 14.6 Å². The average molecular weight is 377 g/mol. The van der Waals surface area contributed by atoms with E-state index in [9.17, 15) is 4.79 Å². The smallest absolute Gasteiger partial charge is 0.253 e. The summed E-state index contributed by atoms with van der Waals surface area (Å²) in [6.45, 7) is 5.47. The third-order valence-corrected chi connectivity index (χ3v) is 5.05. The maximum absolute atomic E-state index is 13.0. The molecular weight excluding hydrogens is 354 g/mol. The lowest BCUT2D eigenvalue weighted by atomic mass is 9.94. The lowest BCUT2D eigenvalue weighted by Crippen LogP contribution is -2.39. The molecule has 1 aliphatic rings. The molecule has 0 bridgehead atoms. The number of fused-ring (bicyclic) bond motifs is 1. The Morgan fingerprint density at radius 1 is 1.29 bits per heavy atom. The van der Waals surface area contributed by atoms with E-state index in [-0.39, 0.29) is 11.8 Å². The van der Waals surface area contributed by atoms with Crippen LogP contribution in [0.3, 0.4) is 0 Å². The Bertz CT molecular complexity index is 996. The second-order valence-electron chi connectivity index (χ2n) is 6.95. The third kappa shape index (κ3) is 3.47. The predicted molar refractivity (Wildman–Crippen MR) is 106 cm³/mol. The van der Waals surface area contributed by atoms with Crippen LogP contribution in [0.5, 0.6) is 5.75 Å². The van der Waals surface area contributed by atoms with Crippen molar-refractivity contribution in [2.24, 2.45) is 7.05 Å². The van der Waals surface area contributed by atoms with Crippen LogP contribution in [0.4, 0.5) is 0 Å². The number of carbonyl (C=O) groups is 1. The Kier molecular flexibility index (Phi) is 5.06. The highest BCUT2D eigenvalue weighted by Crippen LogP contribution is 2.30. The second kappa shape index (κ2) is 7.80.